The molecule has 56 nitrogen and oxygen atoms in total. The van der Waals surface area contributed by atoms with Crippen molar-refractivity contribution in [1.29, 1.82) is 0 Å². The van der Waals surface area contributed by atoms with Crippen LogP contribution in [0.5, 0.6) is 0 Å². The van der Waals surface area contributed by atoms with E-state index in [0.29, 0.717) is 0 Å². The zero-order valence-electron chi connectivity index (χ0n) is 49.0. The van der Waals surface area contributed by atoms with Crippen molar-refractivity contribution >= 4 is 152 Å². The summed E-state index contributed by atoms with van der Waals surface area (Å²) in [4.78, 5) is 178. The maximum atomic E-state index is 11.0. The Bertz CT molecular complexity index is 2790. The number of phosphoric acid groups is 6. The van der Waals surface area contributed by atoms with Crippen molar-refractivity contribution in [1.82, 2.24) is 0 Å². The number of hydrogen-bond donors (Lipinski definition) is 24. The number of ether oxygens (including phenoxy) is 6. The average Bonchev–Trinajstić information content (AvgIpc) is 1.73. The van der Waals surface area contributed by atoms with Gasteiger partial charge in [-0.25, -0.2) is 42.5 Å². The number of esters is 6. The summed E-state index contributed by atoms with van der Waals surface area (Å²) in [5.41, 5.74) is 0. The fourth-order valence-electron chi connectivity index (χ4n) is 6.09. The van der Waals surface area contributed by atoms with Crippen LogP contribution in [0.1, 0.15) is 0 Å². The molecular weight excluding hydrogens is 1590 g/mol. The molecule has 0 aromatic heterocycles. The quantitative estimate of drug-likeness (QED) is 0.0185. The van der Waals surface area contributed by atoms with Gasteiger partial charge in [-0.1, -0.05) is 0 Å². The monoisotopic (exact) mass is 1640 g/mol. The van der Waals surface area contributed by atoms with Crippen molar-refractivity contribution in [3.8, 4) is 0 Å². The van der Waals surface area contributed by atoms with Gasteiger partial charge in [0.15, 0.2) is 71.2 Å². The number of rotatable bonds is 24. The van der Waals surface area contributed by atoms with E-state index in [1.807, 2.05) is 0 Å². The summed E-state index contributed by atoms with van der Waals surface area (Å²) in [7, 11) is -31.6. The molecule has 0 saturated carbocycles. The Morgan fingerprint density at radius 2 is 0.396 bits per heavy atom. The number of phosphoric ester groups is 6. The van der Waals surface area contributed by atoms with Crippen molar-refractivity contribution < 1.29 is 273 Å². The van der Waals surface area contributed by atoms with Crippen LogP contribution >= 0.6 is 46.9 Å². The Morgan fingerprint density at radius 1 is 0.287 bits per heavy atom. The molecule has 12 atom stereocenters. The Morgan fingerprint density at radius 3 is 0.485 bits per heavy atom. The molecule has 0 radical (unpaired) electrons. The van der Waals surface area contributed by atoms with Crippen molar-refractivity contribution in [3.63, 3.8) is 0 Å². The van der Waals surface area contributed by atoms with Crippen LogP contribution in [0.25, 0.3) is 0 Å². The van der Waals surface area contributed by atoms with E-state index in [4.69, 9.17) is 90.6 Å². The molecule has 28 N–H and O–H groups in total. The van der Waals surface area contributed by atoms with E-state index in [1.165, 1.54) is 0 Å². The predicted octanol–water partition coefficient (Wildman–Crippen LogP) is -17.7. The van der Waals surface area contributed by atoms with Gasteiger partial charge in [-0.05, 0) is 0 Å². The van der Waals surface area contributed by atoms with Gasteiger partial charge < -0.3 is 201 Å². The molecule has 0 unspecified atom stereocenters. The minimum atomic E-state index is -5.52. The smallest absolute Gasteiger partial charge is 0.780 e. The third-order valence-electron chi connectivity index (χ3n) is 9.99. The van der Waals surface area contributed by atoms with Crippen LogP contribution < -0.4 is 29.4 Å². The summed E-state index contributed by atoms with van der Waals surface area (Å²) >= 11 is 0. The number of carbonyl (C=O) groups excluding carboxylic acids is 6. The molecule has 6 rings (SSSR count). The molecule has 0 amide bonds. The van der Waals surface area contributed by atoms with Gasteiger partial charge in [-0.3, -0.25) is 29.4 Å². The number of carbonyl (C=O) groups is 6. The molecule has 568 valence electrons. The molecule has 0 aliphatic carbocycles. The molecule has 101 heavy (non-hydrogen) atoms. The molecule has 6 heterocycles. The Labute approximate surface area is 604 Å². The minimum absolute atomic E-state index is 0. The Balaban J connectivity index is -0.000000361. The Kier molecular flexibility index (Phi) is 45.6. The normalized spacial score (nSPS) is 22.1. The van der Waals surface area contributed by atoms with Crippen LogP contribution in [0.2, 0.25) is 0 Å². The second kappa shape index (κ2) is 43.8. The van der Waals surface area contributed by atoms with Crippen LogP contribution in [0.15, 0.2) is 69.1 Å². The zero-order valence-corrected chi connectivity index (χ0v) is 58.6. The first kappa shape index (κ1) is 105. The summed E-state index contributed by atoms with van der Waals surface area (Å²) in [5.74, 6) is -21.2. The fourth-order valence-corrected chi connectivity index (χ4v) is 8.48. The summed E-state index contributed by atoms with van der Waals surface area (Å²) < 4.78 is 110. The predicted molar refractivity (Wildman–Crippen MR) is 286 cm³/mol. The van der Waals surface area contributed by atoms with E-state index in [9.17, 15) is 116 Å². The summed E-state index contributed by atoms with van der Waals surface area (Å²) in [6, 6.07) is 0. The van der Waals surface area contributed by atoms with Gasteiger partial charge in [-0.15, -0.1) is 0 Å². The van der Waals surface area contributed by atoms with Gasteiger partial charge in [0.2, 0.25) is 0 Å². The molecule has 65 heteroatoms. The Hall–Kier alpha value is -4.50. The van der Waals surface area contributed by atoms with Crippen LogP contribution in [-0.2, 0) is 112 Å². The number of aliphatic hydroxyl groups excluding tert-OH is 18. The number of cyclic esters (lactones) is 6. The molecule has 6 aliphatic rings. The van der Waals surface area contributed by atoms with Crippen molar-refractivity contribution in [2.75, 3.05) is 39.6 Å². The largest absolute Gasteiger partial charge is 2.00 e. The molecule has 6 aliphatic heterocycles. The van der Waals surface area contributed by atoms with E-state index in [1.54, 1.807) is 0 Å². The topological polar surface area (TPSA) is 1000 Å². The van der Waals surface area contributed by atoms with Gasteiger partial charge in [-0.2, -0.15) is 0 Å². The van der Waals surface area contributed by atoms with E-state index in [-0.39, 0.29) is 80.1 Å². The van der Waals surface area contributed by atoms with Gasteiger partial charge in [0.25, 0.3) is 34.6 Å². The molecule has 0 saturated heterocycles. The van der Waals surface area contributed by atoms with Crippen molar-refractivity contribution in [2.45, 2.75) is 73.2 Å². The van der Waals surface area contributed by atoms with Crippen LogP contribution in [0.3, 0.4) is 0 Å². The van der Waals surface area contributed by atoms with Crippen molar-refractivity contribution in [2.24, 2.45) is 0 Å². The molecule has 0 aromatic rings. The molecule has 0 bridgehead atoms. The van der Waals surface area contributed by atoms with Gasteiger partial charge >= 0.3 is 128 Å². The first-order valence-electron chi connectivity index (χ1n) is 23.5. The molecule has 0 spiro atoms. The standard InChI is InChI=1S/6C6H9O9P.3Mg.2H2O/c6*7-1-2(8)4-3(9)5(6(10)14-4)15-16(11,12)13;;;;;/h6*2,4,7-9H,1H2,(H2,11,12,13);;;;2*1H2/q;;;;;;3*+2;;/p-6/t6*2-,4+;;;;;/m000000...../s1. The summed E-state index contributed by atoms with van der Waals surface area (Å²) in [6.45, 7) is -4.98. The third-order valence-corrected chi connectivity index (χ3v) is 12.5. The van der Waals surface area contributed by atoms with Crippen LogP contribution in [0.4, 0.5) is 0 Å². The minimum Gasteiger partial charge on any atom is -0.780 e. The average molecular weight is 1640 g/mol. The maximum absolute atomic E-state index is 11.0. The maximum Gasteiger partial charge on any atom is 2.00 e. The zero-order chi connectivity index (χ0) is 75.0. The SMILES string of the molecule is O.O.O=C1O[C@H]([C@@H](O)CO)C(O)=C1OP(=O)(O)O.O=C1O[C@H]([C@@H](O)CO)C(O)=C1OP(=O)(O)O.O=C1O[C@H]([C@@H](O)CO)C(O)=C1OP(=O)(O)O.O=C1O[C@H]([C@@H](O)CO)C(O)=C1OP(=O)([O-])[O-].O=C1O[C@H]([C@@H](O)CO)C(O)=C1OP(=O)([O-])[O-].O=C1O[C@H]([C@@H](O)CO)C(O)=C1OP(=O)([O-])[O-].[Mg+2].[Mg+2].[Mg+2]. The van der Waals surface area contributed by atoms with E-state index in [2.05, 4.69) is 55.6 Å². The molecule has 0 aromatic carbocycles. The van der Waals surface area contributed by atoms with Crippen LogP contribution in [-0.4, -0.2) is 350 Å². The van der Waals surface area contributed by atoms with Crippen molar-refractivity contribution in [3.05, 3.63) is 69.1 Å². The first-order valence-corrected chi connectivity index (χ1v) is 32.5. The fraction of sp³-hybridized carbons (Fsp3) is 0.500. The summed E-state index contributed by atoms with van der Waals surface area (Å²) in [5, 5.41) is 161. The van der Waals surface area contributed by atoms with Gasteiger partial charge in [0.05, 0.1) is 39.6 Å². The van der Waals surface area contributed by atoms with Crippen LogP contribution in [0, 0.1) is 0 Å². The van der Waals surface area contributed by atoms with E-state index in [0.717, 1.165) is 0 Å². The van der Waals surface area contributed by atoms with E-state index < -0.39 is 265 Å². The molecule has 0 fully saturated rings. The van der Waals surface area contributed by atoms with Gasteiger partial charge in [0, 0.05) is 0 Å². The third kappa shape index (κ3) is 33.7. The molecular formula is C36H52Mg3O56P6. The number of hydrogen-bond acceptors (Lipinski definition) is 48. The second-order valence-corrected chi connectivity index (χ2v) is 23.8. The number of aliphatic hydroxyl groups is 18. The van der Waals surface area contributed by atoms with Gasteiger partial charge in [0.1, 0.15) is 60.1 Å². The second-order valence-electron chi connectivity index (χ2n) is 17.1. The van der Waals surface area contributed by atoms with E-state index >= 15 is 0 Å². The summed E-state index contributed by atoms with van der Waals surface area (Å²) in [6.07, 6.45) is -19.5. The first-order chi connectivity index (χ1) is 43.6.